The van der Waals surface area contributed by atoms with Crippen LogP contribution in [0.3, 0.4) is 0 Å². The molecule has 1 rings (SSSR count). The van der Waals surface area contributed by atoms with Gasteiger partial charge in [-0.2, -0.15) is 0 Å². The van der Waals surface area contributed by atoms with E-state index in [0.717, 1.165) is 0 Å². The third-order valence-corrected chi connectivity index (χ3v) is 3.40. The Hall–Kier alpha value is -1.15. The molecule has 2 unspecified atom stereocenters. The van der Waals surface area contributed by atoms with Crippen LogP contribution in [0.2, 0.25) is 0 Å². The van der Waals surface area contributed by atoms with Gasteiger partial charge in [-0.25, -0.2) is 4.79 Å². The number of esters is 1. The van der Waals surface area contributed by atoms with Crippen molar-refractivity contribution in [3.05, 3.63) is 20.2 Å². The summed E-state index contributed by atoms with van der Waals surface area (Å²) in [6, 6.07) is 0. The molecular weight excluding hydrogens is 298 g/mol. The minimum atomic E-state index is -1.79. The molecule has 1 N–H and O–H groups in total. The average Bonchev–Trinajstić information content (AvgIpc) is 2.35. The van der Waals surface area contributed by atoms with Gasteiger partial charge in [0, 0.05) is 6.92 Å². The topological polar surface area (TPSA) is 98.9 Å². The van der Waals surface area contributed by atoms with Crippen molar-refractivity contribution in [3.8, 4) is 0 Å². The number of aliphatic hydroxyl groups is 1. The Morgan fingerprint density at radius 2 is 2.29 bits per heavy atom. The van der Waals surface area contributed by atoms with Crippen molar-refractivity contribution in [2.45, 2.75) is 38.6 Å². The summed E-state index contributed by atoms with van der Waals surface area (Å²) >= 11 is 3.01. The molecule has 1 heterocycles. The highest BCUT2D eigenvalue weighted by Gasteiger charge is 2.45. The van der Waals surface area contributed by atoms with E-state index in [1.165, 1.54) is 6.92 Å². The Labute approximate surface area is 106 Å². The lowest BCUT2D eigenvalue weighted by Crippen LogP contribution is -2.24. The zero-order valence-electron chi connectivity index (χ0n) is 9.31. The van der Waals surface area contributed by atoms with Crippen LogP contribution in [0.15, 0.2) is 10.1 Å². The molecule has 1 aliphatic heterocycles. The van der Waals surface area contributed by atoms with Gasteiger partial charge in [-0.1, -0.05) is 13.3 Å². The predicted octanol–water partition coefficient (Wildman–Crippen LogP) is 1.28. The van der Waals surface area contributed by atoms with E-state index >= 15 is 0 Å². The minimum Gasteiger partial charge on any atom is -0.425 e. The fourth-order valence-electron chi connectivity index (χ4n) is 1.51. The third-order valence-electron chi connectivity index (χ3n) is 2.24. The molecule has 0 amide bonds. The Morgan fingerprint density at radius 3 is 2.65 bits per heavy atom. The summed E-state index contributed by atoms with van der Waals surface area (Å²) < 4.78 is 4.74. The molecule has 1 aliphatic rings. The zero-order chi connectivity index (χ0) is 13.2. The standard InChI is InChI=1S/C9H12BrNO6/c1-3-4-5(17-11(14)15)6-7(10)9(2,13)16-8(6)12/h5,13H,3-4H2,1-2H3. The highest BCUT2D eigenvalue weighted by molar-refractivity contribution is 9.11. The SMILES string of the molecule is CCCC(O[N+](=O)[O-])C1=C(Br)C(C)(O)OC1=O. The Kier molecular flexibility index (Phi) is 4.10. The summed E-state index contributed by atoms with van der Waals surface area (Å²) in [5, 5.41) is 19.1. The second-order valence-corrected chi connectivity index (χ2v) is 4.50. The molecule has 0 aliphatic carbocycles. The lowest BCUT2D eigenvalue weighted by atomic mass is 10.1. The predicted molar refractivity (Wildman–Crippen MR) is 59.4 cm³/mol. The van der Waals surface area contributed by atoms with Crippen LogP contribution in [-0.2, 0) is 14.4 Å². The lowest BCUT2D eigenvalue weighted by molar-refractivity contribution is -0.766. The molecule has 7 nitrogen and oxygen atoms in total. The number of carbonyl (C=O) groups is 1. The fraction of sp³-hybridized carbons (Fsp3) is 0.667. The van der Waals surface area contributed by atoms with Gasteiger partial charge >= 0.3 is 5.97 Å². The van der Waals surface area contributed by atoms with Crippen molar-refractivity contribution in [1.82, 2.24) is 0 Å². The fourth-order valence-corrected chi connectivity index (χ4v) is 2.01. The molecule has 0 radical (unpaired) electrons. The number of ether oxygens (including phenoxy) is 1. The molecule has 17 heavy (non-hydrogen) atoms. The Balaban J connectivity index is 3.04. The van der Waals surface area contributed by atoms with Gasteiger partial charge in [0.1, 0.15) is 6.10 Å². The number of rotatable bonds is 5. The van der Waals surface area contributed by atoms with Crippen LogP contribution in [0.25, 0.3) is 0 Å². The summed E-state index contributed by atoms with van der Waals surface area (Å²) in [7, 11) is 0. The first-order chi connectivity index (χ1) is 7.79. The molecule has 0 aromatic rings. The highest BCUT2D eigenvalue weighted by Crippen LogP contribution is 2.37. The quantitative estimate of drug-likeness (QED) is 0.466. The molecule has 96 valence electrons. The summed E-state index contributed by atoms with van der Waals surface area (Å²) in [6.45, 7) is 3.06. The van der Waals surface area contributed by atoms with E-state index in [1.54, 1.807) is 6.92 Å². The minimum absolute atomic E-state index is 0.0476. The van der Waals surface area contributed by atoms with Crippen LogP contribution in [-0.4, -0.2) is 28.1 Å². The number of carbonyl (C=O) groups excluding carboxylic acids is 1. The van der Waals surface area contributed by atoms with Gasteiger partial charge in [-0.3, -0.25) is 0 Å². The second-order valence-electron chi connectivity index (χ2n) is 3.71. The van der Waals surface area contributed by atoms with Gasteiger partial charge in [-0.05, 0) is 22.4 Å². The van der Waals surface area contributed by atoms with Crippen LogP contribution in [0.4, 0.5) is 0 Å². The van der Waals surface area contributed by atoms with Gasteiger partial charge in [0.15, 0.2) is 0 Å². The third kappa shape index (κ3) is 2.95. The molecule has 0 spiro atoms. The first-order valence-corrected chi connectivity index (χ1v) is 5.76. The molecule has 0 fully saturated rings. The van der Waals surface area contributed by atoms with E-state index in [2.05, 4.69) is 25.5 Å². The van der Waals surface area contributed by atoms with E-state index in [4.69, 9.17) is 0 Å². The van der Waals surface area contributed by atoms with E-state index in [1.807, 2.05) is 0 Å². The molecule has 8 heteroatoms. The van der Waals surface area contributed by atoms with Crippen molar-refractivity contribution in [2.75, 3.05) is 0 Å². The van der Waals surface area contributed by atoms with Gasteiger partial charge in [-0.15, -0.1) is 10.1 Å². The Bertz CT molecular complexity index is 378. The highest BCUT2D eigenvalue weighted by atomic mass is 79.9. The maximum atomic E-state index is 11.5. The monoisotopic (exact) mass is 309 g/mol. The van der Waals surface area contributed by atoms with Crippen molar-refractivity contribution >= 4 is 21.9 Å². The molecule has 0 saturated carbocycles. The molecular formula is C9H12BrNO6. The van der Waals surface area contributed by atoms with Crippen molar-refractivity contribution in [1.29, 1.82) is 0 Å². The summed E-state index contributed by atoms with van der Waals surface area (Å²) in [5.74, 6) is -2.61. The zero-order valence-corrected chi connectivity index (χ0v) is 10.9. The summed E-state index contributed by atoms with van der Waals surface area (Å²) in [4.78, 5) is 26.3. The lowest BCUT2D eigenvalue weighted by Gasteiger charge is -2.15. The smallest absolute Gasteiger partial charge is 0.340 e. The van der Waals surface area contributed by atoms with Crippen LogP contribution in [0, 0.1) is 10.1 Å². The first kappa shape index (κ1) is 13.9. The summed E-state index contributed by atoms with van der Waals surface area (Å²) in [6.07, 6.45) is -0.181. The van der Waals surface area contributed by atoms with Crippen LogP contribution < -0.4 is 0 Å². The number of hydrogen-bond donors (Lipinski definition) is 1. The molecule has 0 aromatic heterocycles. The average molecular weight is 310 g/mol. The van der Waals surface area contributed by atoms with Crippen molar-refractivity contribution in [2.24, 2.45) is 0 Å². The van der Waals surface area contributed by atoms with Crippen LogP contribution in [0.1, 0.15) is 26.7 Å². The van der Waals surface area contributed by atoms with Crippen molar-refractivity contribution in [3.63, 3.8) is 0 Å². The summed E-state index contributed by atoms with van der Waals surface area (Å²) in [5.41, 5.74) is -0.0476. The number of nitrogens with zero attached hydrogens (tertiary/aromatic N) is 1. The first-order valence-electron chi connectivity index (χ1n) is 4.96. The van der Waals surface area contributed by atoms with Gasteiger partial charge in [0.05, 0.1) is 10.1 Å². The van der Waals surface area contributed by atoms with E-state index in [-0.39, 0.29) is 16.5 Å². The van der Waals surface area contributed by atoms with Crippen molar-refractivity contribution < 1.29 is 24.6 Å². The van der Waals surface area contributed by atoms with E-state index in [0.29, 0.717) is 6.42 Å². The maximum Gasteiger partial charge on any atom is 0.340 e. The molecule has 0 bridgehead atoms. The maximum absolute atomic E-state index is 11.5. The van der Waals surface area contributed by atoms with Gasteiger partial charge in [0.25, 0.3) is 5.09 Å². The largest absolute Gasteiger partial charge is 0.425 e. The van der Waals surface area contributed by atoms with Crippen LogP contribution >= 0.6 is 15.9 Å². The van der Waals surface area contributed by atoms with Gasteiger partial charge < -0.3 is 14.7 Å². The normalized spacial score (nSPS) is 25.8. The number of halogens is 1. The number of cyclic esters (lactones) is 1. The van der Waals surface area contributed by atoms with E-state index < -0.39 is 22.9 Å². The second kappa shape index (κ2) is 5.01. The molecule has 0 aromatic carbocycles. The Morgan fingerprint density at radius 1 is 1.71 bits per heavy atom. The van der Waals surface area contributed by atoms with Gasteiger partial charge in [0.2, 0.25) is 5.79 Å². The van der Waals surface area contributed by atoms with Crippen LogP contribution in [0.5, 0.6) is 0 Å². The molecule has 2 atom stereocenters. The molecule has 0 saturated heterocycles. The number of hydrogen-bond acceptors (Lipinski definition) is 6. The van der Waals surface area contributed by atoms with E-state index in [9.17, 15) is 20.0 Å².